The van der Waals surface area contributed by atoms with Gasteiger partial charge in [-0.1, -0.05) is 34.8 Å². The summed E-state index contributed by atoms with van der Waals surface area (Å²) < 4.78 is 7.91. The fourth-order valence-electron chi connectivity index (χ4n) is 3.83. The maximum atomic E-state index is 12.9. The first-order valence-corrected chi connectivity index (χ1v) is 11.5. The van der Waals surface area contributed by atoms with Crippen LogP contribution in [0.15, 0.2) is 36.0 Å². The Morgan fingerprint density at radius 2 is 2.03 bits per heavy atom. The lowest BCUT2D eigenvalue weighted by Gasteiger charge is -2.32. The van der Waals surface area contributed by atoms with Gasteiger partial charge in [-0.05, 0) is 36.6 Å². The van der Waals surface area contributed by atoms with Crippen molar-refractivity contribution in [1.29, 1.82) is 0 Å². The molecule has 5 nitrogen and oxygen atoms in total. The van der Waals surface area contributed by atoms with Crippen LogP contribution < -0.4 is 4.74 Å². The molecule has 3 aromatic rings. The molecular weight excluding hydrogens is 465 g/mol. The van der Waals surface area contributed by atoms with E-state index in [9.17, 15) is 4.79 Å². The van der Waals surface area contributed by atoms with Crippen LogP contribution in [0.4, 0.5) is 0 Å². The predicted molar refractivity (Wildman–Crippen MR) is 122 cm³/mol. The van der Waals surface area contributed by atoms with Crippen LogP contribution in [0.2, 0.25) is 14.4 Å². The van der Waals surface area contributed by atoms with Crippen LogP contribution in [0, 0.1) is 0 Å². The Balaban J connectivity index is 1.44. The number of likely N-dealkylation sites (tertiary alicyclic amines) is 1. The Morgan fingerprint density at radius 1 is 1.27 bits per heavy atom. The van der Waals surface area contributed by atoms with Crippen molar-refractivity contribution in [3.8, 4) is 5.75 Å². The van der Waals surface area contributed by atoms with E-state index in [0.717, 1.165) is 24.2 Å². The second-order valence-corrected chi connectivity index (χ2v) is 9.50. The van der Waals surface area contributed by atoms with Crippen molar-refractivity contribution in [3.63, 3.8) is 0 Å². The first-order chi connectivity index (χ1) is 14.5. The number of aromatic nitrogens is 2. The number of methoxy groups -OCH3 is 1. The molecule has 158 valence electrons. The molecule has 0 saturated carbocycles. The second-order valence-electron chi connectivity index (χ2n) is 7.17. The molecule has 0 radical (unpaired) electrons. The number of nitrogens with zero attached hydrogens (tertiary/aromatic N) is 3. The largest absolute Gasteiger partial charge is 0.493 e. The van der Waals surface area contributed by atoms with Crippen molar-refractivity contribution < 1.29 is 9.53 Å². The van der Waals surface area contributed by atoms with Gasteiger partial charge in [-0.15, -0.1) is 11.3 Å². The molecule has 0 spiro atoms. The van der Waals surface area contributed by atoms with Crippen LogP contribution >= 0.6 is 46.1 Å². The number of hydrogen-bond acceptors (Lipinski definition) is 4. The summed E-state index contributed by atoms with van der Waals surface area (Å²) in [6.45, 7) is 1.92. The molecule has 9 heteroatoms. The zero-order chi connectivity index (χ0) is 21.3. The minimum Gasteiger partial charge on any atom is -0.493 e. The summed E-state index contributed by atoms with van der Waals surface area (Å²) in [6, 6.07) is 5.48. The maximum absolute atomic E-state index is 12.9. The first-order valence-electron chi connectivity index (χ1n) is 9.53. The van der Waals surface area contributed by atoms with Crippen molar-refractivity contribution in [2.75, 3.05) is 20.2 Å². The molecule has 1 amide bonds. The number of imidazole rings is 1. The number of carbonyl (C=O) groups excluding carboxylic acids is 1. The highest BCUT2D eigenvalue weighted by Crippen LogP contribution is 2.37. The number of rotatable bonds is 5. The minimum atomic E-state index is -0.0394. The minimum absolute atomic E-state index is 0.0394. The van der Waals surface area contributed by atoms with E-state index in [-0.39, 0.29) is 11.8 Å². The number of benzene rings is 1. The quantitative estimate of drug-likeness (QED) is 0.447. The highest BCUT2D eigenvalue weighted by Gasteiger charge is 2.29. The fourth-order valence-corrected chi connectivity index (χ4v) is 5.25. The van der Waals surface area contributed by atoms with Gasteiger partial charge < -0.3 is 14.2 Å². The first kappa shape index (κ1) is 21.5. The molecular formula is C21H20Cl3N3O2S. The molecule has 0 aliphatic carbocycles. The van der Waals surface area contributed by atoms with Gasteiger partial charge in [0.2, 0.25) is 0 Å². The summed E-state index contributed by atoms with van der Waals surface area (Å²) in [7, 11) is 1.53. The van der Waals surface area contributed by atoms with Gasteiger partial charge in [-0.3, -0.25) is 4.79 Å². The van der Waals surface area contributed by atoms with Gasteiger partial charge in [0, 0.05) is 46.8 Å². The zero-order valence-corrected chi connectivity index (χ0v) is 19.4. The SMILES string of the molecule is COc1c(C(=O)N2CCC(c3nccn3Cc3cc(Cl)ccc3Cl)CC2)csc1Cl. The Hall–Kier alpha value is -1.73. The number of ether oxygens (including phenoxy) is 1. The lowest BCUT2D eigenvalue weighted by atomic mass is 9.95. The van der Waals surface area contributed by atoms with E-state index in [1.807, 2.05) is 29.4 Å². The molecule has 2 aromatic heterocycles. The highest BCUT2D eigenvalue weighted by atomic mass is 35.5. The normalized spacial score (nSPS) is 14.9. The smallest absolute Gasteiger partial charge is 0.258 e. The van der Waals surface area contributed by atoms with Gasteiger partial charge >= 0.3 is 0 Å². The second kappa shape index (κ2) is 9.18. The van der Waals surface area contributed by atoms with Crippen molar-refractivity contribution >= 4 is 52.0 Å². The molecule has 3 heterocycles. The molecule has 1 saturated heterocycles. The molecule has 4 rings (SSSR count). The summed E-state index contributed by atoms with van der Waals surface area (Å²) >= 11 is 19.9. The van der Waals surface area contributed by atoms with Crippen molar-refractivity contribution in [1.82, 2.24) is 14.5 Å². The molecule has 1 aliphatic heterocycles. The van der Waals surface area contributed by atoms with Crippen LogP contribution in [0.1, 0.15) is 40.5 Å². The number of carbonyl (C=O) groups is 1. The van der Waals surface area contributed by atoms with Crippen molar-refractivity contribution in [3.05, 3.63) is 67.3 Å². The standard InChI is InChI=1S/C21H20Cl3N3O2S/c1-29-18-16(12-30-19(18)24)21(28)26-7-4-13(5-8-26)20-25-6-9-27(20)11-14-10-15(22)2-3-17(14)23/h2-3,6,9-10,12-13H,4-5,7-8,11H2,1H3. The van der Waals surface area contributed by atoms with Crippen molar-refractivity contribution in [2.45, 2.75) is 25.3 Å². The van der Waals surface area contributed by atoms with Gasteiger partial charge in [0.1, 0.15) is 10.2 Å². The van der Waals surface area contributed by atoms with Gasteiger partial charge in [0.25, 0.3) is 5.91 Å². The van der Waals surface area contributed by atoms with Crippen molar-refractivity contribution in [2.24, 2.45) is 0 Å². The maximum Gasteiger partial charge on any atom is 0.258 e. The van der Waals surface area contributed by atoms with E-state index in [2.05, 4.69) is 9.55 Å². The third-order valence-electron chi connectivity index (χ3n) is 5.38. The third kappa shape index (κ3) is 4.33. The molecule has 1 aliphatic rings. The monoisotopic (exact) mass is 483 g/mol. The molecule has 0 bridgehead atoms. The average molecular weight is 485 g/mol. The highest BCUT2D eigenvalue weighted by molar-refractivity contribution is 7.15. The molecule has 1 aromatic carbocycles. The Labute approximate surface area is 194 Å². The number of hydrogen-bond donors (Lipinski definition) is 0. The topological polar surface area (TPSA) is 47.4 Å². The predicted octanol–water partition coefficient (Wildman–Crippen LogP) is 5.98. The summed E-state index contributed by atoms with van der Waals surface area (Å²) in [5, 5.41) is 3.10. The number of halogens is 3. The van der Waals surface area contributed by atoms with Gasteiger partial charge in [0.05, 0.1) is 19.2 Å². The van der Waals surface area contributed by atoms with E-state index >= 15 is 0 Å². The van der Waals surface area contributed by atoms with Gasteiger partial charge in [0.15, 0.2) is 5.75 Å². The molecule has 0 unspecified atom stereocenters. The summed E-state index contributed by atoms with van der Waals surface area (Å²) in [5.74, 6) is 1.70. The number of amides is 1. The fraction of sp³-hybridized carbons (Fsp3) is 0.333. The molecule has 1 fully saturated rings. The van der Waals surface area contributed by atoms with E-state index in [4.69, 9.17) is 39.5 Å². The third-order valence-corrected chi connectivity index (χ3v) is 7.17. The summed E-state index contributed by atoms with van der Waals surface area (Å²) in [5.41, 5.74) is 1.49. The average Bonchev–Trinajstić information content (AvgIpc) is 3.36. The molecule has 0 N–H and O–H groups in total. The van der Waals surface area contributed by atoms with E-state index < -0.39 is 0 Å². The van der Waals surface area contributed by atoms with Crippen LogP contribution in [-0.4, -0.2) is 40.6 Å². The summed E-state index contributed by atoms with van der Waals surface area (Å²) in [6.07, 6.45) is 5.45. The number of piperidine rings is 1. The number of thiophene rings is 1. The Kier molecular flexibility index (Phi) is 6.58. The van der Waals surface area contributed by atoms with E-state index in [0.29, 0.717) is 45.3 Å². The van der Waals surface area contributed by atoms with Crippen LogP contribution in [-0.2, 0) is 6.54 Å². The van der Waals surface area contributed by atoms with Gasteiger partial charge in [-0.2, -0.15) is 0 Å². The van der Waals surface area contributed by atoms with Crippen LogP contribution in [0.5, 0.6) is 5.75 Å². The zero-order valence-electron chi connectivity index (χ0n) is 16.3. The van der Waals surface area contributed by atoms with Crippen LogP contribution in [0.25, 0.3) is 0 Å². The van der Waals surface area contributed by atoms with Crippen LogP contribution in [0.3, 0.4) is 0 Å². The van der Waals surface area contributed by atoms with E-state index in [1.165, 1.54) is 18.4 Å². The van der Waals surface area contributed by atoms with Gasteiger partial charge in [-0.25, -0.2) is 4.98 Å². The Morgan fingerprint density at radius 3 is 2.77 bits per heavy atom. The van der Waals surface area contributed by atoms with E-state index in [1.54, 1.807) is 11.4 Å². The summed E-state index contributed by atoms with van der Waals surface area (Å²) in [4.78, 5) is 19.4. The molecule has 0 atom stereocenters. The lowest BCUT2D eigenvalue weighted by Crippen LogP contribution is -2.38. The lowest BCUT2D eigenvalue weighted by molar-refractivity contribution is 0.0707. The molecule has 30 heavy (non-hydrogen) atoms. The Bertz CT molecular complexity index is 1060.